The third-order valence-electron chi connectivity index (χ3n) is 3.86. The van der Waals surface area contributed by atoms with E-state index in [1.165, 1.54) is 32.1 Å². The molecule has 2 N–H and O–H groups in total. The average Bonchev–Trinajstić information content (AvgIpc) is 2.28. The van der Waals surface area contributed by atoms with Crippen LogP contribution in [0.25, 0.3) is 0 Å². The quantitative estimate of drug-likeness (QED) is 0.642. The molecule has 0 spiro atoms. The Bertz CT molecular complexity index is 222. The van der Waals surface area contributed by atoms with Crippen LogP contribution in [0.15, 0.2) is 0 Å². The fraction of sp³-hybridized carbons (Fsp3) is 0.929. The van der Waals surface area contributed by atoms with Crippen LogP contribution in [-0.2, 0) is 4.79 Å². The van der Waals surface area contributed by atoms with Gasteiger partial charge in [0.15, 0.2) is 0 Å². The Balaban J connectivity index is 1.94. The lowest BCUT2D eigenvalue weighted by atomic mass is 9.76. The lowest BCUT2D eigenvalue weighted by Gasteiger charge is -2.33. The zero-order chi connectivity index (χ0) is 12.6. The predicted octanol–water partition coefficient (Wildman–Crippen LogP) is 3.19. The van der Waals surface area contributed by atoms with Gasteiger partial charge in [-0.3, -0.25) is 4.79 Å². The van der Waals surface area contributed by atoms with E-state index in [-0.39, 0.29) is 0 Å². The van der Waals surface area contributed by atoms with Crippen LogP contribution in [0.3, 0.4) is 0 Å². The third-order valence-corrected chi connectivity index (χ3v) is 3.86. The molecule has 0 bridgehead atoms. The van der Waals surface area contributed by atoms with Crippen molar-refractivity contribution in [2.45, 2.75) is 64.7 Å². The molecule has 0 radical (unpaired) electrons. The van der Waals surface area contributed by atoms with Crippen molar-refractivity contribution in [1.29, 1.82) is 0 Å². The van der Waals surface area contributed by atoms with Crippen molar-refractivity contribution in [3.8, 4) is 0 Å². The smallest absolute Gasteiger partial charge is 0.303 e. The van der Waals surface area contributed by atoms with Gasteiger partial charge in [-0.05, 0) is 37.6 Å². The van der Waals surface area contributed by atoms with Crippen LogP contribution >= 0.6 is 0 Å². The molecule has 3 nitrogen and oxygen atoms in total. The first-order chi connectivity index (χ1) is 8.12. The van der Waals surface area contributed by atoms with Gasteiger partial charge in [0.1, 0.15) is 0 Å². The minimum Gasteiger partial charge on any atom is -0.481 e. The topological polar surface area (TPSA) is 49.3 Å². The van der Waals surface area contributed by atoms with Crippen LogP contribution in [-0.4, -0.2) is 24.2 Å². The first-order valence-electron chi connectivity index (χ1n) is 7.05. The highest BCUT2D eigenvalue weighted by Gasteiger charge is 2.25. The van der Waals surface area contributed by atoms with Gasteiger partial charge in [-0.25, -0.2) is 0 Å². The Hall–Kier alpha value is -0.570. The molecule has 0 aliphatic heterocycles. The van der Waals surface area contributed by atoms with Crippen LogP contribution in [0.5, 0.6) is 0 Å². The molecule has 0 aromatic rings. The number of carboxylic acid groups (broad SMARTS) is 1. The van der Waals surface area contributed by atoms with E-state index in [4.69, 9.17) is 5.11 Å². The van der Waals surface area contributed by atoms with Crippen molar-refractivity contribution in [3.63, 3.8) is 0 Å². The van der Waals surface area contributed by atoms with Gasteiger partial charge in [-0.1, -0.05) is 32.6 Å². The number of carbonyl (C=O) groups is 1. The van der Waals surface area contributed by atoms with Gasteiger partial charge in [0.05, 0.1) is 0 Å². The Kier molecular flexibility index (Phi) is 6.56. The molecule has 17 heavy (non-hydrogen) atoms. The molecule has 100 valence electrons. The minimum absolute atomic E-state index is 0.317. The SMILES string of the molecule is CC1(CNCCCCCC(=O)O)CCCCC1. The fourth-order valence-electron chi connectivity index (χ4n) is 2.68. The largest absolute Gasteiger partial charge is 0.481 e. The highest BCUT2D eigenvalue weighted by molar-refractivity contribution is 5.66. The van der Waals surface area contributed by atoms with Crippen LogP contribution in [0.1, 0.15) is 64.7 Å². The van der Waals surface area contributed by atoms with Crippen molar-refractivity contribution in [2.75, 3.05) is 13.1 Å². The van der Waals surface area contributed by atoms with E-state index in [2.05, 4.69) is 12.2 Å². The maximum absolute atomic E-state index is 10.3. The average molecular weight is 241 g/mol. The van der Waals surface area contributed by atoms with Gasteiger partial charge in [-0.2, -0.15) is 0 Å². The Labute approximate surface area is 105 Å². The summed E-state index contributed by atoms with van der Waals surface area (Å²) in [6.07, 6.45) is 10.2. The van der Waals surface area contributed by atoms with Crippen molar-refractivity contribution in [2.24, 2.45) is 5.41 Å². The van der Waals surface area contributed by atoms with Gasteiger partial charge in [-0.15, -0.1) is 0 Å². The summed E-state index contributed by atoms with van der Waals surface area (Å²) in [4.78, 5) is 10.3. The molecule has 1 fully saturated rings. The molecule has 0 amide bonds. The van der Waals surface area contributed by atoms with Gasteiger partial charge < -0.3 is 10.4 Å². The molecule has 0 aromatic carbocycles. The Morgan fingerprint density at radius 1 is 1.18 bits per heavy atom. The molecule has 0 saturated heterocycles. The Morgan fingerprint density at radius 3 is 2.53 bits per heavy atom. The zero-order valence-corrected chi connectivity index (χ0v) is 11.1. The lowest BCUT2D eigenvalue weighted by molar-refractivity contribution is -0.137. The summed E-state index contributed by atoms with van der Waals surface area (Å²) in [6, 6.07) is 0. The molecular weight excluding hydrogens is 214 g/mol. The summed E-state index contributed by atoms with van der Waals surface area (Å²) in [5.74, 6) is -0.673. The third kappa shape index (κ3) is 6.67. The monoisotopic (exact) mass is 241 g/mol. The molecule has 1 aliphatic carbocycles. The van der Waals surface area contributed by atoms with Gasteiger partial charge in [0.25, 0.3) is 0 Å². The number of hydrogen-bond donors (Lipinski definition) is 2. The normalized spacial score (nSPS) is 19.1. The highest BCUT2D eigenvalue weighted by Crippen LogP contribution is 2.34. The summed E-state index contributed by atoms with van der Waals surface area (Å²) in [5.41, 5.74) is 0.513. The number of hydrogen-bond acceptors (Lipinski definition) is 2. The van der Waals surface area contributed by atoms with E-state index < -0.39 is 5.97 Å². The summed E-state index contributed by atoms with van der Waals surface area (Å²) < 4.78 is 0. The van der Waals surface area contributed by atoms with E-state index >= 15 is 0 Å². The van der Waals surface area contributed by atoms with E-state index in [0.717, 1.165) is 32.4 Å². The van der Waals surface area contributed by atoms with Gasteiger partial charge in [0, 0.05) is 13.0 Å². The number of aliphatic carboxylic acids is 1. The minimum atomic E-state index is -0.673. The summed E-state index contributed by atoms with van der Waals surface area (Å²) in [7, 11) is 0. The van der Waals surface area contributed by atoms with Crippen LogP contribution < -0.4 is 5.32 Å². The summed E-state index contributed by atoms with van der Waals surface area (Å²) >= 11 is 0. The molecule has 0 atom stereocenters. The number of rotatable bonds is 8. The van der Waals surface area contributed by atoms with Gasteiger partial charge in [0.2, 0.25) is 0 Å². The molecule has 1 rings (SSSR count). The summed E-state index contributed by atoms with van der Waals surface area (Å²) in [5, 5.41) is 12.0. The van der Waals surface area contributed by atoms with Crippen LogP contribution in [0.2, 0.25) is 0 Å². The lowest BCUT2D eigenvalue weighted by Crippen LogP contribution is -2.34. The number of unbranched alkanes of at least 4 members (excludes halogenated alkanes) is 2. The predicted molar refractivity (Wildman–Crippen MR) is 70.2 cm³/mol. The second-order valence-corrected chi connectivity index (χ2v) is 5.75. The molecule has 0 heterocycles. The van der Waals surface area contributed by atoms with E-state index in [9.17, 15) is 4.79 Å². The van der Waals surface area contributed by atoms with E-state index in [1.54, 1.807) is 0 Å². The molecule has 1 saturated carbocycles. The van der Waals surface area contributed by atoms with Crippen molar-refractivity contribution < 1.29 is 9.90 Å². The second kappa shape index (κ2) is 7.70. The number of nitrogens with one attached hydrogen (secondary N) is 1. The molecular formula is C14H27NO2. The standard InChI is InChI=1S/C14H27NO2/c1-14(9-5-3-6-10-14)12-15-11-7-2-4-8-13(16)17/h15H,2-12H2,1H3,(H,16,17). The first-order valence-corrected chi connectivity index (χ1v) is 7.05. The van der Waals surface area contributed by atoms with Crippen LogP contribution in [0.4, 0.5) is 0 Å². The first kappa shape index (κ1) is 14.5. The summed E-state index contributed by atoms with van der Waals surface area (Å²) in [6.45, 7) is 4.56. The van der Waals surface area contributed by atoms with E-state index in [0.29, 0.717) is 11.8 Å². The fourth-order valence-corrected chi connectivity index (χ4v) is 2.68. The van der Waals surface area contributed by atoms with E-state index in [1.807, 2.05) is 0 Å². The molecule has 1 aliphatic rings. The number of carboxylic acids is 1. The van der Waals surface area contributed by atoms with Crippen molar-refractivity contribution >= 4 is 5.97 Å². The molecule has 3 heteroatoms. The Morgan fingerprint density at radius 2 is 1.88 bits per heavy atom. The highest BCUT2D eigenvalue weighted by atomic mass is 16.4. The van der Waals surface area contributed by atoms with Crippen molar-refractivity contribution in [3.05, 3.63) is 0 Å². The van der Waals surface area contributed by atoms with Gasteiger partial charge >= 0.3 is 5.97 Å². The molecule has 0 unspecified atom stereocenters. The zero-order valence-electron chi connectivity index (χ0n) is 11.1. The maximum Gasteiger partial charge on any atom is 0.303 e. The van der Waals surface area contributed by atoms with Crippen molar-refractivity contribution in [1.82, 2.24) is 5.32 Å². The molecule has 0 aromatic heterocycles. The van der Waals surface area contributed by atoms with Crippen LogP contribution in [0, 0.1) is 5.41 Å². The maximum atomic E-state index is 10.3. The second-order valence-electron chi connectivity index (χ2n) is 5.75.